The third-order valence-corrected chi connectivity index (χ3v) is 2.72. The van der Waals surface area contributed by atoms with E-state index >= 15 is 0 Å². The number of nitrogens with zero attached hydrogens (tertiary/aromatic N) is 4. The minimum Gasteiger partial charge on any atom is -0.323 e. The molecule has 0 saturated heterocycles. The van der Waals surface area contributed by atoms with E-state index in [4.69, 9.17) is 5.73 Å². The quantitative estimate of drug-likeness (QED) is 0.670. The molecule has 1 atom stereocenters. The van der Waals surface area contributed by atoms with E-state index in [2.05, 4.69) is 10.3 Å². The third-order valence-electron chi connectivity index (χ3n) is 2.72. The minimum atomic E-state index is -0.889. The predicted molar refractivity (Wildman–Crippen MR) is 65.2 cm³/mol. The van der Waals surface area contributed by atoms with Crippen molar-refractivity contribution >= 4 is 5.69 Å². The molecule has 1 aromatic heterocycles. The van der Waals surface area contributed by atoms with E-state index in [1.165, 1.54) is 10.7 Å². The topological polar surface area (TPSA) is 99.9 Å². The minimum absolute atomic E-state index is 0.246. The smallest absolute Gasteiger partial charge is 0.306 e. The molecule has 0 aliphatic heterocycles. The van der Waals surface area contributed by atoms with Gasteiger partial charge in [-0.25, -0.2) is 4.68 Å². The fourth-order valence-corrected chi connectivity index (χ4v) is 1.57. The number of halogens is 1. The Morgan fingerprint density at radius 2 is 2.32 bits per heavy atom. The highest BCUT2D eigenvalue weighted by atomic mass is 19.1. The number of hydrogen-bond donors (Lipinski definition) is 1. The van der Waals surface area contributed by atoms with Gasteiger partial charge in [-0.1, -0.05) is 12.1 Å². The molecule has 8 heteroatoms. The first-order chi connectivity index (χ1) is 9.02. The molecule has 0 amide bonds. The molecule has 0 fully saturated rings. The van der Waals surface area contributed by atoms with Crippen molar-refractivity contribution in [1.29, 1.82) is 0 Å². The molecule has 100 valence electrons. The zero-order chi connectivity index (χ0) is 14.0. The number of nitro groups is 1. The highest BCUT2D eigenvalue weighted by molar-refractivity contribution is 5.43. The first-order valence-electron chi connectivity index (χ1n) is 5.65. The van der Waals surface area contributed by atoms with Gasteiger partial charge in [0, 0.05) is 6.07 Å². The van der Waals surface area contributed by atoms with E-state index in [0.29, 0.717) is 17.8 Å². The zero-order valence-electron chi connectivity index (χ0n) is 10.2. The Kier molecular flexibility index (Phi) is 3.52. The van der Waals surface area contributed by atoms with Crippen molar-refractivity contribution in [2.45, 2.75) is 19.4 Å². The third kappa shape index (κ3) is 2.58. The molecule has 1 heterocycles. The van der Waals surface area contributed by atoms with Crippen molar-refractivity contribution in [3.8, 4) is 5.69 Å². The van der Waals surface area contributed by atoms with E-state index in [1.807, 2.05) is 6.92 Å². The number of hydrogen-bond acceptors (Lipinski definition) is 5. The van der Waals surface area contributed by atoms with Gasteiger partial charge in [0.25, 0.3) is 0 Å². The second-order valence-corrected chi connectivity index (χ2v) is 4.00. The molecule has 2 rings (SSSR count). The van der Waals surface area contributed by atoms with Crippen molar-refractivity contribution in [3.05, 3.63) is 46.0 Å². The lowest BCUT2D eigenvalue weighted by Gasteiger charge is -2.02. The molecule has 7 nitrogen and oxygen atoms in total. The number of aromatic nitrogens is 3. The van der Waals surface area contributed by atoms with Crippen molar-refractivity contribution in [2.24, 2.45) is 5.73 Å². The first kappa shape index (κ1) is 13.1. The molecule has 0 aliphatic carbocycles. The van der Waals surface area contributed by atoms with Crippen LogP contribution < -0.4 is 5.73 Å². The highest BCUT2D eigenvalue weighted by Gasteiger charge is 2.16. The predicted octanol–water partition coefficient (Wildman–Crippen LogP) is 1.72. The Hall–Kier alpha value is -2.35. The summed E-state index contributed by atoms with van der Waals surface area (Å²) in [7, 11) is 0. The van der Waals surface area contributed by atoms with Gasteiger partial charge >= 0.3 is 5.69 Å². The summed E-state index contributed by atoms with van der Waals surface area (Å²) in [6, 6.07) is 3.27. The van der Waals surface area contributed by atoms with Gasteiger partial charge in [0.15, 0.2) is 0 Å². The molecule has 0 aliphatic rings. The van der Waals surface area contributed by atoms with Crippen LogP contribution in [-0.4, -0.2) is 19.9 Å². The van der Waals surface area contributed by atoms with Gasteiger partial charge in [0.2, 0.25) is 5.82 Å². The second-order valence-electron chi connectivity index (χ2n) is 4.00. The summed E-state index contributed by atoms with van der Waals surface area (Å²) < 4.78 is 14.5. The fraction of sp³-hybridized carbons (Fsp3) is 0.273. The van der Waals surface area contributed by atoms with Crippen LogP contribution in [0.2, 0.25) is 0 Å². The lowest BCUT2D eigenvalue weighted by Crippen LogP contribution is -2.08. The summed E-state index contributed by atoms with van der Waals surface area (Å²) in [6.45, 7) is 1.91. The Morgan fingerprint density at radius 3 is 2.95 bits per heavy atom. The van der Waals surface area contributed by atoms with Crippen molar-refractivity contribution in [2.75, 3.05) is 0 Å². The Morgan fingerprint density at radius 1 is 1.58 bits per heavy atom. The maximum Gasteiger partial charge on any atom is 0.306 e. The van der Waals surface area contributed by atoms with Crippen LogP contribution in [0.4, 0.5) is 10.1 Å². The molecule has 2 aromatic rings. The van der Waals surface area contributed by atoms with Crippen LogP contribution in [-0.2, 0) is 0 Å². The van der Waals surface area contributed by atoms with Gasteiger partial charge < -0.3 is 5.73 Å². The average Bonchev–Trinajstić information content (AvgIpc) is 2.87. The molecule has 0 bridgehead atoms. The van der Waals surface area contributed by atoms with Crippen LogP contribution in [0.1, 0.15) is 25.1 Å². The van der Waals surface area contributed by atoms with E-state index in [1.54, 1.807) is 6.20 Å². The van der Waals surface area contributed by atoms with E-state index in [9.17, 15) is 14.5 Å². The molecule has 2 N–H and O–H groups in total. The van der Waals surface area contributed by atoms with Crippen LogP contribution >= 0.6 is 0 Å². The Labute approximate surface area is 108 Å². The van der Waals surface area contributed by atoms with Crippen molar-refractivity contribution in [1.82, 2.24) is 15.0 Å². The van der Waals surface area contributed by atoms with Gasteiger partial charge in [0.1, 0.15) is 0 Å². The Balaban J connectivity index is 2.39. The van der Waals surface area contributed by atoms with Crippen LogP contribution in [0.25, 0.3) is 5.69 Å². The van der Waals surface area contributed by atoms with Crippen LogP contribution in [0, 0.1) is 15.9 Å². The van der Waals surface area contributed by atoms with Crippen molar-refractivity contribution in [3.63, 3.8) is 0 Å². The molecule has 1 unspecified atom stereocenters. The number of nitrogens with two attached hydrogens (primary N) is 1. The lowest BCUT2D eigenvalue weighted by atomic mass is 10.2. The maximum atomic E-state index is 13.2. The summed E-state index contributed by atoms with van der Waals surface area (Å²) in [6.07, 6.45) is 2.27. The molecule has 1 aromatic carbocycles. The largest absolute Gasteiger partial charge is 0.323 e. The standard InChI is InChI=1S/C11H12FN5O2/c1-2-9(13)10-6-16(15-14-10)7-3-4-8(12)11(5-7)17(18)19/h3-6,9H,2,13H2,1H3. The monoisotopic (exact) mass is 265 g/mol. The van der Waals surface area contributed by atoms with Gasteiger partial charge in [-0.15, -0.1) is 5.10 Å². The molecular weight excluding hydrogens is 253 g/mol. The van der Waals surface area contributed by atoms with Crippen LogP contribution in [0.5, 0.6) is 0 Å². The lowest BCUT2D eigenvalue weighted by molar-refractivity contribution is -0.387. The number of rotatable bonds is 4. The zero-order valence-corrected chi connectivity index (χ0v) is 10.2. The fourth-order valence-electron chi connectivity index (χ4n) is 1.57. The molecule has 0 radical (unpaired) electrons. The van der Waals surface area contributed by atoms with E-state index in [-0.39, 0.29) is 6.04 Å². The van der Waals surface area contributed by atoms with Crippen LogP contribution in [0.3, 0.4) is 0 Å². The second kappa shape index (κ2) is 5.11. The highest BCUT2D eigenvalue weighted by Crippen LogP contribution is 2.21. The summed E-state index contributed by atoms with van der Waals surface area (Å²) >= 11 is 0. The summed E-state index contributed by atoms with van der Waals surface area (Å²) in [5.74, 6) is -0.889. The molecule has 0 spiro atoms. The van der Waals surface area contributed by atoms with Crippen molar-refractivity contribution < 1.29 is 9.31 Å². The van der Waals surface area contributed by atoms with E-state index < -0.39 is 16.4 Å². The first-order valence-corrected chi connectivity index (χ1v) is 5.65. The number of nitro benzene ring substituents is 1. The number of benzene rings is 1. The van der Waals surface area contributed by atoms with Gasteiger partial charge in [-0.2, -0.15) is 4.39 Å². The molecule has 0 saturated carbocycles. The SMILES string of the molecule is CCC(N)c1cn(-c2ccc(F)c([N+](=O)[O-])c2)nn1. The van der Waals surface area contributed by atoms with Crippen LogP contribution in [0.15, 0.2) is 24.4 Å². The van der Waals surface area contributed by atoms with Gasteiger partial charge in [-0.05, 0) is 18.6 Å². The average molecular weight is 265 g/mol. The Bertz CT molecular complexity index is 613. The molecular formula is C11H12FN5O2. The molecule has 19 heavy (non-hydrogen) atoms. The van der Waals surface area contributed by atoms with Gasteiger partial charge in [0.05, 0.1) is 28.5 Å². The maximum absolute atomic E-state index is 13.2. The summed E-state index contributed by atoms with van der Waals surface area (Å²) in [5, 5.41) is 18.4. The normalized spacial score (nSPS) is 12.4. The summed E-state index contributed by atoms with van der Waals surface area (Å²) in [5.41, 5.74) is 6.14. The van der Waals surface area contributed by atoms with Gasteiger partial charge in [-0.3, -0.25) is 10.1 Å². The van der Waals surface area contributed by atoms with E-state index in [0.717, 1.165) is 12.1 Å². The summed E-state index contributed by atoms with van der Waals surface area (Å²) in [4.78, 5) is 9.88.